The molecule has 0 amide bonds. The lowest BCUT2D eigenvalue weighted by atomic mass is 9.74. The highest BCUT2D eigenvalue weighted by atomic mass is 16.5. The molecular formula is C14H28O2. The summed E-state index contributed by atoms with van der Waals surface area (Å²) in [4.78, 5) is 0. The largest absolute Gasteiger partial charge is 0.390 e. The first-order valence-electron chi connectivity index (χ1n) is 6.98. The molecule has 0 aromatic rings. The summed E-state index contributed by atoms with van der Waals surface area (Å²) in [5.74, 6) is 0. The van der Waals surface area contributed by atoms with Gasteiger partial charge in [-0.25, -0.2) is 0 Å². The second-order valence-electron chi connectivity index (χ2n) is 5.19. The summed E-state index contributed by atoms with van der Waals surface area (Å²) in [6, 6.07) is 0. The molecule has 16 heavy (non-hydrogen) atoms. The Kier molecular flexibility index (Phi) is 6.37. The van der Waals surface area contributed by atoms with Crippen LogP contribution in [0.15, 0.2) is 0 Å². The van der Waals surface area contributed by atoms with Gasteiger partial charge in [-0.1, -0.05) is 45.4 Å². The van der Waals surface area contributed by atoms with Crippen molar-refractivity contribution in [3.05, 3.63) is 0 Å². The molecule has 1 unspecified atom stereocenters. The van der Waals surface area contributed by atoms with Crippen LogP contribution < -0.4 is 0 Å². The van der Waals surface area contributed by atoms with Crippen LogP contribution in [0, 0.1) is 0 Å². The zero-order valence-electron chi connectivity index (χ0n) is 11.0. The molecule has 0 aromatic heterocycles. The fourth-order valence-electron chi connectivity index (χ4n) is 2.58. The second kappa shape index (κ2) is 7.29. The van der Waals surface area contributed by atoms with Crippen molar-refractivity contribution in [2.75, 3.05) is 7.11 Å². The van der Waals surface area contributed by atoms with Gasteiger partial charge in [0.25, 0.3) is 0 Å². The number of methoxy groups -OCH3 is 1. The highest BCUT2D eigenvalue weighted by molar-refractivity contribution is 4.95. The zero-order chi connectivity index (χ0) is 11.9. The van der Waals surface area contributed by atoms with E-state index in [2.05, 4.69) is 6.92 Å². The average Bonchev–Trinajstić information content (AvgIpc) is 2.22. The van der Waals surface area contributed by atoms with Crippen LogP contribution in [-0.2, 0) is 4.74 Å². The van der Waals surface area contributed by atoms with Crippen LogP contribution in [0.4, 0.5) is 0 Å². The Bertz CT molecular complexity index is 170. The first-order chi connectivity index (χ1) is 7.75. The van der Waals surface area contributed by atoms with Crippen molar-refractivity contribution in [1.82, 2.24) is 0 Å². The Hall–Kier alpha value is -0.0800. The third-order valence-electron chi connectivity index (χ3n) is 4.04. The number of ether oxygens (including phenoxy) is 1. The standard InChI is InChI=1S/C14H28O2/c1-3-4-5-6-7-8-10-13(15)14(16-2)11-9-12-14/h13,15H,3-12H2,1-2H3. The Morgan fingerprint density at radius 3 is 2.25 bits per heavy atom. The highest BCUT2D eigenvalue weighted by Gasteiger charge is 2.43. The summed E-state index contributed by atoms with van der Waals surface area (Å²) in [7, 11) is 1.74. The van der Waals surface area contributed by atoms with E-state index < -0.39 is 0 Å². The van der Waals surface area contributed by atoms with Gasteiger partial charge in [0.2, 0.25) is 0 Å². The molecular weight excluding hydrogens is 200 g/mol. The van der Waals surface area contributed by atoms with Crippen LogP contribution in [-0.4, -0.2) is 23.9 Å². The lowest BCUT2D eigenvalue weighted by Gasteiger charge is -2.44. The molecule has 0 bridgehead atoms. The minimum atomic E-state index is -0.238. The lowest BCUT2D eigenvalue weighted by Crippen LogP contribution is -2.49. The minimum absolute atomic E-state index is 0.177. The van der Waals surface area contributed by atoms with E-state index in [0.29, 0.717) is 0 Å². The maximum absolute atomic E-state index is 10.1. The summed E-state index contributed by atoms with van der Waals surface area (Å²) in [6.45, 7) is 2.24. The number of rotatable bonds is 9. The SMILES string of the molecule is CCCCCCCCC(O)C1(OC)CCC1. The highest BCUT2D eigenvalue weighted by Crippen LogP contribution is 2.39. The summed E-state index contributed by atoms with van der Waals surface area (Å²) < 4.78 is 5.48. The van der Waals surface area contributed by atoms with E-state index in [1.807, 2.05) is 0 Å². The number of unbranched alkanes of at least 4 members (excludes halogenated alkanes) is 5. The van der Waals surface area contributed by atoms with Gasteiger partial charge in [-0.15, -0.1) is 0 Å². The van der Waals surface area contributed by atoms with Crippen LogP contribution in [0.3, 0.4) is 0 Å². The van der Waals surface area contributed by atoms with Crippen LogP contribution >= 0.6 is 0 Å². The third kappa shape index (κ3) is 3.74. The Labute approximate surface area is 100 Å². The van der Waals surface area contributed by atoms with E-state index in [4.69, 9.17) is 4.74 Å². The monoisotopic (exact) mass is 228 g/mol. The second-order valence-corrected chi connectivity index (χ2v) is 5.19. The van der Waals surface area contributed by atoms with E-state index in [0.717, 1.165) is 25.7 Å². The molecule has 0 heterocycles. The van der Waals surface area contributed by atoms with Crippen molar-refractivity contribution >= 4 is 0 Å². The first kappa shape index (κ1) is 14.0. The topological polar surface area (TPSA) is 29.5 Å². The van der Waals surface area contributed by atoms with Crippen LogP contribution in [0.2, 0.25) is 0 Å². The predicted molar refractivity (Wildman–Crippen MR) is 67.6 cm³/mol. The molecule has 0 spiro atoms. The molecule has 1 aliphatic rings. The van der Waals surface area contributed by atoms with E-state index >= 15 is 0 Å². The van der Waals surface area contributed by atoms with Crippen molar-refractivity contribution in [3.8, 4) is 0 Å². The van der Waals surface area contributed by atoms with Crippen molar-refractivity contribution in [2.45, 2.75) is 82.8 Å². The summed E-state index contributed by atoms with van der Waals surface area (Å²) in [5, 5.41) is 10.1. The summed E-state index contributed by atoms with van der Waals surface area (Å²) in [5.41, 5.74) is -0.177. The van der Waals surface area contributed by atoms with Gasteiger partial charge in [0.15, 0.2) is 0 Å². The average molecular weight is 228 g/mol. The molecule has 96 valence electrons. The van der Waals surface area contributed by atoms with Gasteiger partial charge in [0.05, 0.1) is 11.7 Å². The van der Waals surface area contributed by atoms with E-state index in [1.54, 1.807) is 7.11 Å². The van der Waals surface area contributed by atoms with Crippen molar-refractivity contribution in [1.29, 1.82) is 0 Å². The number of aliphatic hydroxyl groups is 1. The van der Waals surface area contributed by atoms with Crippen LogP contribution in [0.25, 0.3) is 0 Å². The van der Waals surface area contributed by atoms with Gasteiger partial charge in [0, 0.05) is 7.11 Å². The maximum Gasteiger partial charge on any atom is 0.0936 e. The predicted octanol–water partition coefficient (Wildman–Crippen LogP) is 3.67. The summed E-state index contributed by atoms with van der Waals surface area (Å²) in [6.07, 6.45) is 11.7. The van der Waals surface area contributed by atoms with Crippen LogP contribution in [0.1, 0.15) is 71.1 Å². The Morgan fingerprint density at radius 1 is 1.12 bits per heavy atom. The van der Waals surface area contributed by atoms with Crippen molar-refractivity contribution in [3.63, 3.8) is 0 Å². The molecule has 1 aliphatic carbocycles. The smallest absolute Gasteiger partial charge is 0.0936 e. The van der Waals surface area contributed by atoms with Crippen molar-refractivity contribution in [2.24, 2.45) is 0 Å². The van der Waals surface area contributed by atoms with Gasteiger partial charge in [-0.2, -0.15) is 0 Å². The molecule has 1 atom stereocenters. The fourth-order valence-corrected chi connectivity index (χ4v) is 2.58. The lowest BCUT2D eigenvalue weighted by molar-refractivity contribution is -0.151. The number of hydrogen-bond donors (Lipinski definition) is 1. The molecule has 1 rings (SSSR count). The molecule has 0 saturated heterocycles. The quantitative estimate of drug-likeness (QED) is 0.610. The fraction of sp³-hybridized carbons (Fsp3) is 1.00. The Balaban J connectivity index is 2.03. The third-order valence-corrected chi connectivity index (χ3v) is 4.04. The van der Waals surface area contributed by atoms with Gasteiger partial charge >= 0.3 is 0 Å². The normalized spacial score (nSPS) is 20.4. The van der Waals surface area contributed by atoms with Crippen LogP contribution in [0.5, 0.6) is 0 Å². The van der Waals surface area contributed by atoms with E-state index in [9.17, 15) is 5.11 Å². The van der Waals surface area contributed by atoms with Crippen molar-refractivity contribution < 1.29 is 9.84 Å². The maximum atomic E-state index is 10.1. The molecule has 2 heteroatoms. The van der Waals surface area contributed by atoms with Gasteiger partial charge < -0.3 is 9.84 Å². The molecule has 1 fully saturated rings. The van der Waals surface area contributed by atoms with Gasteiger partial charge in [0.1, 0.15) is 0 Å². The molecule has 1 saturated carbocycles. The first-order valence-corrected chi connectivity index (χ1v) is 6.98. The zero-order valence-corrected chi connectivity index (χ0v) is 11.0. The number of hydrogen-bond acceptors (Lipinski definition) is 2. The Morgan fingerprint density at radius 2 is 1.75 bits per heavy atom. The molecule has 1 N–H and O–H groups in total. The minimum Gasteiger partial charge on any atom is -0.390 e. The molecule has 0 aliphatic heterocycles. The number of aliphatic hydroxyl groups excluding tert-OH is 1. The molecule has 0 radical (unpaired) electrons. The van der Waals surface area contributed by atoms with E-state index in [1.165, 1.54) is 38.5 Å². The van der Waals surface area contributed by atoms with Gasteiger partial charge in [-0.05, 0) is 25.7 Å². The molecule has 0 aromatic carbocycles. The van der Waals surface area contributed by atoms with Gasteiger partial charge in [-0.3, -0.25) is 0 Å². The summed E-state index contributed by atoms with van der Waals surface area (Å²) >= 11 is 0. The molecule has 2 nitrogen and oxygen atoms in total. The van der Waals surface area contributed by atoms with E-state index in [-0.39, 0.29) is 11.7 Å².